The van der Waals surface area contributed by atoms with E-state index >= 15 is 0 Å². The van der Waals surface area contributed by atoms with Gasteiger partial charge in [0.05, 0.1) is 5.69 Å². The van der Waals surface area contributed by atoms with Crippen molar-refractivity contribution in [3.63, 3.8) is 0 Å². The van der Waals surface area contributed by atoms with Gasteiger partial charge in [-0.2, -0.15) is 0 Å². The first-order chi connectivity index (χ1) is 27.5. The molecule has 0 amide bonds. The molecule has 4 aliphatic rings. The third kappa shape index (κ3) is 4.75. The Labute approximate surface area is 345 Å². The zero-order valence-corrected chi connectivity index (χ0v) is 36.2. The zero-order chi connectivity index (χ0) is 40.4. The molecule has 0 saturated heterocycles. The van der Waals surface area contributed by atoms with Gasteiger partial charge in [-0.3, -0.25) is 0 Å². The Morgan fingerprint density at radius 3 is 1.83 bits per heavy atom. The maximum absolute atomic E-state index is 6.99. The standard InChI is InChI=1S/C54H55BN2O/c1-31-24-45-48-46(25-31)57(42-18-14-12-16-32(42)2)49-40(21-20-35-34-17-13-15-19-47(34)58-50(35)49)55(48)41-27-37-39(54(10,11)30-53(37,8)9)29-44(41)56(45)43-28-38-36(26-33(43)3)51(4,5)22-23-52(38,6)7/h12-21,24-29H,22-23,30H2,1-11H3. The van der Waals surface area contributed by atoms with E-state index in [4.69, 9.17) is 4.42 Å². The summed E-state index contributed by atoms with van der Waals surface area (Å²) in [6.45, 7) is 26.5. The molecule has 1 aromatic heterocycles. The summed E-state index contributed by atoms with van der Waals surface area (Å²) in [7, 11) is 0. The molecule has 0 fully saturated rings. The number of fused-ring (bicyclic) bond motifs is 10. The van der Waals surface area contributed by atoms with Gasteiger partial charge in [-0.25, -0.2) is 0 Å². The molecule has 0 N–H and O–H groups in total. The van der Waals surface area contributed by atoms with Crippen molar-refractivity contribution in [2.24, 2.45) is 0 Å². The number of benzene rings is 6. The van der Waals surface area contributed by atoms with Crippen molar-refractivity contribution in [2.45, 2.75) is 117 Å². The van der Waals surface area contributed by atoms with Crippen LogP contribution in [0.5, 0.6) is 0 Å². The van der Waals surface area contributed by atoms with Gasteiger partial charge in [-0.15, -0.1) is 0 Å². The van der Waals surface area contributed by atoms with E-state index in [-0.39, 0.29) is 28.4 Å². The van der Waals surface area contributed by atoms with Crippen molar-refractivity contribution in [1.82, 2.24) is 0 Å². The van der Waals surface area contributed by atoms with Gasteiger partial charge in [0.15, 0.2) is 5.58 Å². The lowest BCUT2D eigenvalue weighted by atomic mass is 9.33. The first-order valence-electron chi connectivity index (χ1n) is 21.6. The Morgan fingerprint density at radius 1 is 0.500 bits per heavy atom. The minimum atomic E-state index is 0.0165. The molecule has 2 aliphatic carbocycles. The van der Waals surface area contributed by atoms with Crippen LogP contribution >= 0.6 is 0 Å². The van der Waals surface area contributed by atoms with Crippen LogP contribution in [0.1, 0.15) is 114 Å². The lowest BCUT2D eigenvalue weighted by Gasteiger charge is -2.46. The summed E-state index contributed by atoms with van der Waals surface area (Å²) in [5, 5.41) is 2.32. The fraction of sp³-hybridized carbons (Fsp3) is 0.333. The van der Waals surface area contributed by atoms with E-state index in [1.165, 1.54) is 96.6 Å². The Balaban J connectivity index is 1.29. The van der Waals surface area contributed by atoms with Crippen LogP contribution in [0, 0.1) is 20.8 Å². The third-order valence-electron chi connectivity index (χ3n) is 15.0. The number of anilines is 6. The fourth-order valence-corrected chi connectivity index (χ4v) is 12.1. The molecular formula is C54H55BN2O. The normalized spacial score (nSPS) is 18.8. The topological polar surface area (TPSA) is 19.6 Å². The monoisotopic (exact) mass is 758 g/mol. The van der Waals surface area contributed by atoms with Crippen LogP contribution < -0.4 is 26.2 Å². The first kappa shape index (κ1) is 35.9. The van der Waals surface area contributed by atoms with Gasteiger partial charge in [0.2, 0.25) is 0 Å². The van der Waals surface area contributed by atoms with Crippen molar-refractivity contribution in [2.75, 3.05) is 9.80 Å². The molecule has 11 rings (SSSR count). The summed E-state index contributed by atoms with van der Waals surface area (Å²) in [4.78, 5) is 5.24. The van der Waals surface area contributed by atoms with Crippen LogP contribution in [-0.4, -0.2) is 6.71 Å². The minimum Gasteiger partial charge on any atom is -0.454 e. The summed E-state index contributed by atoms with van der Waals surface area (Å²) in [6.07, 6.45) is 3.51. The molecule has 0 radical (unpaired) electrons. The third-order valence-corrected chi connectivity index (χ3v) is 15.0. The summed E-state index contributed by atoms with van der Waals surface area (Å²) in [5.74, 6) is 0. The summed E-state index contributed by atoms with van der Waals surface area (Å²) < 4.78 is 6.99. The van der Waals surface area contributed by atoms with Crippen molar-refractivity contribution < 1.29 is 4.42 Å². The van der Waals surface area contributed by atoms with Gasteiger partial charge >= 0.3 is 0 Å². The average molecular weight is 759 g/mol. The van der Waals surface area contributed by atoms with E-state index in [0.717, 1.165) is 34.0 Å². The van der Waals surface area contributed by atoms with E-state index in [2.05, 4.69) is 183 Å². The number of rotatable bonds is 2. The van der Waals surface area contributed by atoms with E-state index < -0.39 is 0 Å². The van der Waals surface area contributed by atoms with E-state index in [1.54, 1.807) is 0 Å². The number of nitrogens with zero attached hydrogens (tertiary/aromatic N) is 2. The van der Waals surface area contributed by atoms with Gasteiger partial charge in [-0.05, 0) is 153 Å². The number of furan rings is 1. The van der Waals surface area contributed by atoms with Crippen molar-refractivity contribution >= 4 is 79.2 Å². The van der Waals surface area contributed by atoms with Crippen LogP contribution in [0.2, 0.25) is 0 Å². The molecule has 3 heterocycles. The predicted octanol–water partition coefficient (Wildman–Crippen LogP) is 12.9. The molecule has 58 heavy (non-hydrogen) atoms. The largest absolute Gasteiger partial charge is 0.454 e. The Morgan fingerprint density at radius 2 is 1.10 bits per heavy atom. The van der Waals surface area contributed by atoms with Gasteiger partial charge in [-0.1, -0.05) is 116 Å². The van der Waals surface area contributed by atoms with E-state index in [9.17, 15) is 0 Å². The van der Waals surface area contributed by atoms with Crippen molar-refractivity contribution in [1.29, 1.82) is 0 Å². The summed E-state index contributed by atoms with van der Waals surface area (Å²) in [6, 6.07) is 37.5. The Bertz CT molecular complexity index is 2940. The molecule has 7 aromatic rings. The van der Waals surface area contributed by atoms with E-state index in [1.807, 2.05) is 0 Å². The first-order valence-corrected chi connectivity index (χ1v) is 21.6. The molecule has 290 valence electrons. The molecule has 0 atom stereocenters. The van der Waals surface area contributed by atoms with Crippen molar-refractivity contribution in [3.8, 4) is 0 Å². The zero-order valence-electron chi connectivity index (χ0n) is 36.2. The van der Waals surface area contributed by atoms with Crippen LogP contribution in [-0.2, 0) is 21.7 Å². The van der Waals surface area contributed by atoms with Crippen LogP contribution in [0.25, 0.3) is 21.9 Å². The van der Waals surface area contributed by atoms with Crippen LogP contribution in [0.3, 0.4) is 0 Å². The van der Waals surface area contributed by atoms with Crippen LogP contribution in [0.4, 0.5) is 34.1 Å². The number of hydrogen-bond acceptors (Lipinski definition) is 3. The molecule has 0 bridgehead atoms. The highest BCUT2D eigenvalue weighted by atomic mass is 16.3. The average Bonchev–Trinajstić information content (AvgIpc) is 3.63. The Hall–Kier alpha value is -5.22. The van der Waals surface area contributed by atoms with Gasteiger partial charge in [0.25, 0.3) is 6.71 Å². The van der Waals surface area contributed by atoms with Gasteiger partial charge < -0.3 is 14.2 Å². The molecule has 0 unspecified atom stereocenters. The second kappa shape index (κ2) is 11.5. The highest BCUT2D eigenvalue weighted by Crippen LogP contribution is 2.55. The fourth-order valence-electron chi connectivity index (χ4n) is 12.1. The lowest BCUT2D eigenvalue weighted by Crippen LogP contribution is -2.61. The highest BCUT2D eigenvalue weighted by Gasteiger charge is 2.49. The van der Waals surface area contributed by atoms with Gasteiger partial charge in [0.1, 0.15) is 5.58 Å². The number of para-hydroxylation sites is 2. The molecule has 4 heteroatoms. The SMILES string of the molecule is Cc1cc2c3c(c1)N(c1ccccc1C)c1c(ccc4c1oc1ccccc14)B3c1cc3c(cc1N2c1cc2c(cc1C)C(C)(C)CCC2(C)C)C(C)(C)CC3(C)C. The number of hydrogen-bond donors (Lipinski definition) is 0. The predicted molar refractivity (Wildman–Crippen MR) is 248 cm³/mol. The Kier molecular flexibility index (Phi) is 7.12. The van der Waals surface area contributed by atoms with Crippen molar-refractivity contribution in [3.05, 3.63) is 136 Å². The van der Waals surface area contributed by atoms with Gasteiger partial charge in [0, 0.05) is 39.2 Å². The molecule has 3 nitrogen and oxygen atoms in total. The van der Waals surface area contributed by atoms with Crippen LogP contribution in [0.15, 0.2) is 101 Å². The molecular weight excluding hydrogens is 703 g/mol. The summed E-state index contributed by atoms with van der Waals surface area (Å²) in [5.41, 5.74) is 23.6. The summed E-state index contributed by atoms with van der Waals surface area (Å²) >= 11 is 0. The minimum absolute atomic E-state index is 0.0165. The lowest BCUT2D eigenvalue weighted by molar-refractivity contribution is 0.332. The molecule has 2 aliphatic heterocycles. The second-order valence-electron chi connectivity index (χ2n) is 20.9. The molecule has 0 spiro atoms. The maximum Gasteiger partial charge on any atom is 0.252 e. The highest BCUT2D eigenvalue weighted by molar-refractivity contribution is 7.00. The maximum atomic E-state index is 6.99. The molecule has 6 aromatic carbocycles. The molecule has 0 saturated carbocycles. The smallest absolute Gasteiger partial charge is 0.252 e. The quantitative estimate of drug-likeness (QED) is 0.164. The number of aryl methyl sites for hydroxylation is 3. The second-order valence-corrected chi connectivity index (χ2v) is 20.9. The van der Waals surface area contributed by atoms with E-state index in [0.29, 0.717) is 0 Å².